The number of nitrogens with one attached hydrogen (secondary N) is 3. The SMILES string of the molecule is C=CC(=C)Nc1cccc(/C=C\C(=C\C)C(=NCNc2cn(C)nc2CC)NCC)c1. The van der Waals surface area contributed by atoms with Gasteiger partial charge >= 0.3 is 0 Å². The molecule has 0 atom stereocenters. The van der Waals surface area contributed by atoms with Gasteiger partial charge in [0.25, 0.3) is 0 Å². The molecule has 1 aromatic carbocycles. The first-order chi connectivity index (χ1) is 15.0. The Morgan fingerprint density at radius 3 is 2.77 bits per heavy atom. The summed E-state index contributed by atoms with van der Waals surface area (Å²) >= 11 is 0. The highest BCUT2D eigenvalue weighted by Gasteiger charge is 2.06. The largest absolute Gasteiger partial charge is 0.370 e. The van der Waals surface area contributed by atoms with Crippen LogP contribution in [-0.4, -0.2) is 28.8 Å². The lowest BCUT2D eigenvalue weighted by atomic mass is 10.1. The van der Waals surface area contributed by atoms with Crippen molar-refractivity contribution in [1.29, 1.82) is 0 Å². The Morgan fingerprint density at radius 2 is 2.10 bits per heavy atom. The molecule has 0 unspecified atom stereocenters. The number of aryl methyl sites for hydroxylation is 2. The van der Waals surface area contributed by atoms with Gasteiger partial charge < -0.3 is 16.0 Å². The van der Waals surface area contributed by atoms with Crippen LogP contribution in [0.3, 0.4) is 0 Å². The number of amidine groups is 1. The van der Waals surface area contributed by atoms with Crippen molar-refractivity contribution in [2.45, 2.75) is 27.2 Å². The van der Waals surface area contributed by atoms with E-state index in [1.54, 1.807) is 6.08 Å². The highest BCUT2D eigenvalue weighted by molar-refractivity contribution is 6.01. The van der Waals surface area contributed by atoms with Gasteiger partial charge in [0.2, 0.25) is 0 Å². The van der Waals surface area contributed by atoms with Crippen molar-refractivity contribution >= 4 is 23.3 Å². The number of likely N-dealkylation sites (N-methyl/N-ethyl adjacent to an activating group) is 1. The van der Waals surface area contributed by atoms with Gasteiger partial charge in [0.15, 0.2) is 0 Å². The first kappa shape index (κ1) is 23.7. The molecule has 6 nitrogen and oxygen atoms in total. The predicted octanol–water partition coefficient (Wildman–Crippen LogP) is 5.13. The monoisotopic (exact) mass is 418 g/mol. The van der Waals surface area contributed by atoms with Crippen LogP contribution in [0.4, 0.5) is 11.4 Å². The Hall–Kier alpha value is -3.54. The average molecular weight is 419 g/mol. The maximum absolute atomic E-state index is 4.75. The molecule has 0 bridgehead atoms. The molecule has 3 N–H and O–H groups in total. The Morgan fingerprint density at radius 1 is 1.29 bits per heavy atom. The van der Waals surface area contributed by atoms with Crippen LogP contribution in [0.1, 0.15) is 32.0 Å². The van der Waals surface area contributed by atoms with Crippen LogP contribution in [0.25, 0.3) is 6.08 Å². The maximum Gasteiger partial charge on any atom is 0.129 e. The summed E-state index contributed by atoms with van der Waals surface area (Å²) in [5, 5.41) is 14.4. The quantitative estimate of drug-likeness (QED) is 0.269. The molecule has 0 amide bonds. The lowest BCUT2D eigenvalue weighted by Gasteiger charge is -2.11. The Kier molecular flexibility index (Phi) is 9.36. The molecule has 0 saturated carbocycles. The fourth-order valence-electron chi connectivity index (χ4n) is 3.02. The molecule has 0 aliphatic heterocycles. The zero-order valence-corrected chi connectivity index (χ0v) is 19.1. The van der Waals surface area contributed by atoms with Gasteiger partial charge in [0.1, 0.15) is 12.5 Å². The van der Waals surface area contributed by atoms with Crippen molar-refractivity contribution in [3.63, 3.8) is 0 Å². The third-order valence-electron chi connectivity index (χ3n) is 4.57. The molecule has 1 heterocycles. The third kappa shape index (κ3) is 7.33. The molecule has 2 aromatic rings. The lowest BCUT2D eigenvalue weighted by Crippen LogP contribution is -2.25. The van der Waals surface area contributed by atoms with Crippen molar-refractivity contribution in [2.24, 2.45) is 12.0 Å². The molecular formula is C25H34N6. The van der Waals surface area contributed by atoms with E-state index in [2.05, 4.69) is 78.4 Å². The van der Waals surface area contributed by atoms with Crippen LogP contribution >= 0.6 is 0 Å². The fraction of sp³-hybridized carbons (Fsp3) is 0.280. The average Bonchev–Trinajstić information content (AvgIpc) is 3.13. The molecule has 0 saturated heterocycles. The number of hydrogen-bond donors (Lipinski definition) is 3. The van der Waals surface area contributed by atoms with Gasteiger partial charge in [-0.05, 0) is 44.0 Å². The number of anilines is 2. The van der Waals surface area contributed by atoms with E-state index in [0.29, 0.717) is 6.67 Å². The number of aliphatic imine (C=N–C) groups is 1. The van der Waals surface area contributed by atoms with E-state index < -0.39 is 0 Å². The third-order valence-corrected chi connectivity index (χ3v) is 4.57. The summed E-state index contributed by atoms with van der Waals surface area (Å²) in [6, 6.07) is 8.14. The van der Waals surface area contributed by atoms with E-state index in [4.69, 9.17) is 4.99 Å². The second kappa shape index (κ2) is 12.2. The second-order valence-electron chi connectivity index (χ2n) is 6.95. The Bertz CT molecular complexity index is 978. The predicted molar refractivity (Wildman–Crippen MR) is 134 cm³/mol. The van der Waals surface area contributed by atoms with Gasteiger partial charge in [-0.1, -0.05) is 50.4 Å². The molecule has 0 spiro atoms. The van der Waals surface area contributed by atoms with Crippen molar-refractivity contribution in [3.05, 3.63) is 84.4 Å². The van der Waals surface area contributed by atoms with Crippen LogP contribution in [0, 0.1) is 0 Å². The van der Waals surface area contributed by atoms with Crippen molar-refractivity contribution in [1.82, 2.24) is 15.1 Å². The minimum Gasteiger partial charge on any atom is -0.370 e. The standard InChI is InChI=1S/C25H34N6/c1-7-19(5)29-22-13-11-12-20(16-22)14-15-21(8-2)25(26-10-4)28-18-27-24-17-31(6)30-23(24)9-3/h7-8,11-17,27,29H,1,5,9-10,18H2,2-4,6H3,(H,26,28)/b15-14-,21-8-. The van der Waals surface area contributed by atoms with Crippen LogP contribution in [-0.2, 0) is 13.5 Å². The molecule has 0 aliphatic rings. The van der Waals surface area contributed by atoms with Gasteiger partial charge in [0, 0.05) is 36.7 Å². The highest BCUT2D eigenvalue weighted by Crippen LogP contribution is 2.16. The van der Waals surface area contributed by atoms with Crippen LogP contribution in [0.15, 0.2) is 78.1 Å². The van der Waals surface area contributed by atoms with E-state index in [1.807, 2.05) is 37.0 Å². The van der Waals surface area contributed by atoms with E-state index in [-0.39, 0.29) is 0 Å². The minimum atomic E-state index is 0.468. The van der Waals surface area contributed by atoms with E-state index in [0.717, 1.165) is 52.7 Å². The second-order valence-corrected chi connectivity index (χ2v) is 6.95. The van der Waals surface area contributed by atoms with E-state index in [9.17, 15) is 0 Å². The Labute approximate surface area is 186 Å². The van der Waals surface area contributed by atoms with Crippen LogP contribution in [0.5, 0.6) is 0 Å². The Balaban J connectivity index is 2.13. The van der Waals surface area contributed by atoms with Crippen molar-refractivity contribution in [3.8, 4) is 0 Å². The minimum absolute atomic E-state index is 0.468. The number of benzene rings is 1. The van der Waals surface area contributed by atoms with E-state index >= 15 is 0 Å². The zero-order valence-electron chi connectivity index (χ0n) is 19.1. The summed E-state index contributed by atoms with van der Waals surface area (Å²) in [5.41, 5.74) is 5.91. The van der Waals surface area contributed by atoms with Gasteiger partial charge in [0.05, 0.1) is 11.4 Å². The molecule has 164 valence electrons. The summed E-state index contributed by atoms with van der Waals surface area (Å²) in [7, 11) is 1.93. The smallest absolute Gasteiger partial charge is 0.129 e. The van der Waals surface area contributed by atoms with Gasteiger partial charge in [-0.3, -0.25) is 4.68 Å². The van der Waals surface area contributed by atoms with E-state index in [1.165, 1.54) is 0 Å². The van der Waals surface area contributed by atoms with Crippen molar-refractivity contribution in [2.75, 3.05) is 23.8 Å². The highest BCUT2D eigenvalue weighted by atomic mass is 15.3. The molecule has 2 rings (SSSR count). The van der Waals surface area contributed by atoms with Crippen LogP contribution < -0.4 is 16.0 Å². The van der Waals surface area contributed by atoms with Gasteiger partial charge in [-0.25, -0.2) is 4.99 Å². The molecule has 0 fully saturated rings. The normalized spacial score (nSPS) is 12.1. The number of aromatic nitrogens is 2. The van der Waals surface area contributed by atoms with Gasteiger partial charge in [-0.15, -0.1) is 0 Å². The molecule has 6 heteroatoms. The summed E-state index contributed by atoms with van der Waals surface area (Å²) < 4.78 is 1.82. The molecular weight excluding hydrogens is 384 g/mol. The number of nitrogens with zero attached hydrogens (tertiary/aromatic N) is 3. The summed E-state index contributed by atoms with van der Waals surface area (Å²) in [6.07, 6.45) is 10.8. The number of allylic oxidation sites excluding steroid dienone is 2. The molecule has 1 aromatic heterocycles. The number of rotatable bonds is 11. The topological polar surface area (TPSA) is 66.3 Å². The van der Waals surface area contributed by atoms with Crippen LogP contribution in [0.2, 0.25) is 0 Å². The summed E-state index contributed by atoms with van der Waals surface area (Å²) in [5.74, 6) is 0.852. The zero-order chi connectivity index (χ0) is 22.6. The van der Waals surface area contributed by atoms with Gasteiger partial charge in [-0.2, -0.15) is 5.10 Å². The maximum atomic E-state index is 4.75. The molecule has 0 radical (unpaired) electrons. The van der Waals surface area contributed by atoms with Crippen molar-refractivity contribution < 1.29 is 0 Å². The molecule has 31 heavy (non-hydrogen) atoms. The lowest BCUT2D eigenvalue weighted by molar-refractivity contribution is 0.746. The summed E-state index contributed by atoms with van der Waals surface area (Å²) in [6.45, 7) is 15.1. The first-order valence-electron chi connectivity index (χ1n) is 10.6. The fourth-order valence-corrected chi connectivity index (χ4v) is 3.02. The number of hydrogen-bond acceptors (Lipinski definition) is 4. The first-order valence-corrected chi connectivity index (χ1v) is 10.6. The molecule has 0 aliphatic carbocycles. The summed E-state index contributed by atoms with van der Waals surface area (Å²) in [4.78, 5) is 4.75.